The van der Waals surface area contributed by atoms with Crippen molar-refractivity contribution in [3.8, 4) is 11.5 Å². The Labute approximate surface area is 165 Å². The molecule has 7 nitrogen and oxygen atoms in total. The van der Waals surface area contributed by atoms with Gasteiger partial charge in [-0.15, -0.1) is 0 Å². The van der Waals surface area contributed by atoms with Crippen LogP contribution in [0.4, 0.5) is 0 Å². The molecule has 0 aliphatic heterocycles. The number of nitrogens with one attached hydrogen (secondary N) is 1. The molecule has 0 aromatic heterocycles. The topological polar surface area (TPSA) is 83.1 Å². The lowest BCUT2D eigenvalue weighted by Crippen LogP contribution is -2.29. The third-order valence-corrected chi connectivity index (χ3v) is 6.26. The van der Waals surface area contributed by atoms with Crippen LogP contribution < -0.4 is 14.8 Å². The van der Waals surface area contributed by atoms with E-state index in [1.54, 1.807) is 56.3 Å². The van der Waals surface area contributed by atoms with Gasteiger partial charge in [-0.05, 0) is 37.6 Å². The van der Waals surface area contributed by atoms with Crippen molar-refractivity contribution in [2.24, 2.45) is 0 Å². The molecule has 1 atom stereocenters. The minimum atomic E-state index is -3.65. The standard InChI is InChI=1S/C20H26NO6P/c1-5-26-28(23,27-6-2)20(15-10-8-7-9-11-15)21-19(22)16-12-13-17(24-3)18(14-16)25-4/h7-14,20H,5-6H2,1-4H3,(H,21,22)/t20-/m0/s1. The fraction of sp³-hybridized carbons (Fsp3) is 0.350. The van der Waals surface area contributed by atoms with Crippen LogP contribution in [0.3, 0.4) is 0 Å². The van der Waals surface area contributed by atoms with Crippen molar-refractivity contribution >= 4 is 13.5 Å². The zero-order chi connectivity index (χ0) is 20.6. The average Bonchev–Trinajstić information content (AvgIpc) is 2.72. The smallest absolute Gasteiger partial charge is 0.357 e. The minimum Gasteiger partial charge on any atom is -0.493 e. The molecular weight excluding hydrogens is 381 g/mol. The van der Waals surface area contributed by atoms with Gasteiger partial charge in [0.15, 0.2) is 17.3 Å². The van der Waals surface area contributed by atoms with E-state index in [0.717, 1.165) is 0 Å². The van der Waals surface area contributed by atoms with Crippen LogP contribution >= 0.6 is 7.60 Å². The molecule has 28 heavy (non-hydrogen) atoms. The summed E-state index contributed by atoms with van der Waals surface area (Å²) < 4.78 is 34.8. The first-order valence-electron chi connectivity index (χ1n) is 8.95. The second-order valence-corrected chi connectivity index (χ2v) is 7.84. The van der Waals surface area contributed by atoms with Crippen LogP contribution in [0, 0.1) is 0 Å². The predicted octanol–water partition coefficient (Wildman–Crippen LogP) is 4.40. The quantitative estimate of drug-likeness (QED) is 0.588. The van der Waals surface area contributed by atoms with E-state index in [4.69, 9.17) is 18.5 Å². The van der Waals surface area contributed by atoms with Crippen molar-refractivity contribution in [2.75, 3.05) is 27.4 Å². The molecule has 0 radical (unpaired) electrons. The number of carbonyl (C=O) groups excluding carboxylic acids is 1. The summed E-state index contributed by atoms with van der Waals surface area (Å²) in [7, 11) is -0.640. The molecule has 0 heterocycles. The van der Waals surface area contributed by atoms with E-state index < -0.39 is 19.3 Å². The van der Waals surface area contributed by atoms with Gasteiger partial charge in [0.2, 0.25) is 0 Å². The van der Waals surface area contributed by atoms with E-state index >= 15 is 0 Å². The van der Waals surface area contributed by atoms with Crippen LogP contribution in [0.25, 0.3) is 0 Å². The molecule has 2 aromatic rings. The van der Waals surface area contributed by atoms with E-state index in [1.807, 2.05) is 6.07 Å². The van der Waals surface area contributed by atoms with Crippen LogP contribution in [0.5, 0.6) is 11.5 Å². The fourth-order valence-corrected chi connectivity index (χ4v) is 4.62. The Morgan fingerprint density at radius 1 is 0.964 bits per heavy atom. The zero-order valence-electron chi connectivity index (χ0n) is 16.5. The van der Waals surface area contributed by atoms with Gasteiger partial charge in [0, 0.05) is 5.56 Å². The molecule has 8 heteroatoms. The molecule has 152 valence electrons. The van der Waals surface area contributed by atoms with Gasteiger partial charge in [-0.25, -0.2) is 0 Å². The van der Waals surface area contributed by atoms with Crippen molar-refractivity contribution in [3.05, 3.63) is 59.7 Å². The van der Waals surface area contributed by atoms with E-state index in [-0.39, 0.29) is 13.2 Å². The number of methoxy groups -OCH3 is 2. The minimum absolute atomic E-state index is 0.187. The summed E-state index contributed by atoms with van der Waals surface area (Å²) in [5, 5.41) is 2.80. The van der Waals surface area contributed by atoms with Gasteiger partial charge < -0.3 is 23.8 Å². The van der Waals surface area contributed by atoms with E-state index in [2.05, 4.69) is 5.32 Å². The second kappa shape index (κ2) is 10.3. The summed E-state index contributed by atoms with van der Waals surface area (Å²) >= 11 is 0. The zero-order valence-corrected chi connectivity index (χ0v) is 17.4. The molecule has 0 aliphatic carbocycles. The number of carbonyl (C=O) groups is 1. The molecule has 0 spiro atoms. The highest BCUT2D eigenvalue weighted by Gasteiger charge is 2.38. The van der Waals surface area contributed by atoms with Gasteiger partial charge in [0.1, 0.15) is 0 Å². The van der Waals surface area contributed by atoms with E-state index in [9.17, 15) is 9.36 Å². The molecule has 0 saturated heterocycles. The fourth-order valence-electron chi connectivity index (χ4n) is 2.71. The average molecular weight is 407 g/mol. The summed E-state index contributed by atoms with van der Waals surface area (Å²) in [5.41, 5.74) is 0.958. The summed E-state index contributed by atoms with van der Waals surface area (Å²) in [4.78, 5) is 12.9. The Hall–Kier alpha value is -2.34. The maximum atomic E-state index is 13.4. The van der Waals surface area contributed by atoms with Crippen molar-refractivity contribution in [3.63, 3.8) is 0 Å². The van der Waals surface area contributed by atoms with Gasteiger partial charge in [-0.2, -0.15) is 0 Å². The number of hydrogen-bond donors (Lipinski definition) is 1. The lowest BCUT2D eigenvalue weighted by molar-refractivity contribution is 0.0937. The highest BCUT2D eigenvalue weighted by Crippen LogP contribution is 2.59. The summed E-state index contributed by atoms with van der Waals surface area (Å²) in [6, 6.07) is 13.8. The maximum absolute atomic E-state index is 13.4. The monoisotopic (exact) mass is 407 g/mol. The summed E-state index contributed by atoms with van der Waals surface area (Å²) in [6.07, 6.45) is 0. The largest absolute Gasteiger partial charge is 0.493 e. The van der Waals surface area contributed by atoms with Crippen LogP contribution in [-0.4, -0.2) is 33.3 Å². The van der Waals surface area contributed by atoms with Gasteiger partial charge in [0.05, 0.1) is 27.4 Å². The second-order valence-electron chi connectivity index (χ2n) is 5.73. The number of benzene rings is 2. The Morgan fingerprint density at radius 3 is 2.11 bits per heavy atom. The predicted molar refractivity (Wildman–Crippen MR) is 107 cm³/mol. The summed E-state index contributed by atoms with van der Waals surface area (Å²) in [5.74, 6) is -0.458. The first-order chi connectivity index (χ1) is 13.5. The molecule has 2 rings (SSSR count). The molecule has 2 aromatic carbocycles. The number of rotatable bonds is 10. The molecule has 0 saturated carbocycles. The van der Waals surface area contributed by atoms with Crippen LogP contribution in [0.15, 0.2) is 48.5 Å². The van der Waals surface area contributed by atoms with Crippen molar-refractivity contribution in [2.45, 2.75) is 19.6 Å². The van der Waals surface area contributed by atoms with Crippen LogP contribution in [0.1, 0.15) is 35.6 Å². The SMILES string of the molecule is CCOP(=O)(OCC)[C@H](NC(=O)c1ccc(OC)c(OC)c1)c1ccccc1. The number of hydrogen-bond acceptors (Lipinski definition) is 6. The molecule has 0 fully saturated rings. The number of ether oxygens (including phenoxy) is 2. The molecule has 0 aliphatic rings. The van der Waals surface area contributed by atoms with Crippen molar-refractivity contribution in [1.82, 2.24) is 5.32 Å². The van der Waals surface area contributed by atoms with Crippen molar-refractivity contribution in [1.29, 1.82) is 0 Å². The molecule has 0 unspecified atom stereocenters. The van der Waals surface area contributed by atoms with E-state index in [0.29, 0.717) is 22.6 Å². The normalized spacial score (nSPS) is 12.3. The van der Waals surface area contributed by atoms with Gasteiger partial charge in [-0.3, -0.25) is 9.36 Å². The van der Waals surface area contributed by atoms with Gasteiger partial charge in [-0.1, -0.05) is 30.3 Å². The first-order valence-corrected chi connectivity index (χ1v) is 10.6. The third kappa shape index (κ3) is 5.13. The Bertz CT molecular complexity index is 817. The first kappa shape index (κ1) is 22.0. The number of amides is 1. The van der Waals surface area contributed by atoms with E-state index in [1.165, 1.54) is 14.2 Å². The molecule has 1 amide bonds. The Balaban J connectivity index is 2.40. The highest BCUT2D eigenvalue weighted by molar-refractivity contribution is 7.54. The maximum Gasteiger partial charge on any atom is 0.357 e. The highest BCUT2D eigenvalue weighted by atomic mass is 31.2. The van der Waals surface area contributed by atoms with Crippen molar-refractivity contribution < 1.29 is 27.9 Å². The lowest BCUT2D eigenvalue weighted by Gasteiger charge is -2.27. The lowest BCUT2D eigenvalue weighted by atomic mass is 10.1. The van der Waals surface area contributed by atoms with Gasteiger partial charge >= 0.3 is 7.60 Å². The van der Waals surface area contributed by atoms with Crippen LogP contribution in [0.2, 0.25) is 0 Å². The Kier molecular flexibility index (Phi) is 8.05. The molecule has 1 N–H and O–H groups in total. The Morgan fingerprint density at radius 2 is 1.57 bits per heavy atom. The van der Waals surface area contributed by atoms with Crippen LogP contribution in [-0.2, 0) is 13.6 Å². The third-order valence-electron chi connectivity index (χ3n) is 3.96. The summed E-state index contributed by atoms with van der Waals surface area (Å²) in [6.45, 7) is 3.83. The molecular formula is C20H26NO6P. The molecule has 0 bridgehead atoms. The van der Waals surface area contributed by atoms with Gasteiger partial charge in [0.25, 0.3) is 5.91 Å².